The lowest BCUT2D eigenvalue weighted by Gasteiger charge is -2.21. The Morgan fingerprint density at radius 3 is 2.26 bits per heavy atom. The maximum atomic E-state index is 3.46. The Labute approximate surface area is 140 Å². The van der Waals surface area contributed by atoms with E-state index in [0.29, 0.717) is 0 Å². The van der Waals surface area contributed by atoms with E-state index in [1.807, 2.05) is 6.20 Å². The van der Waals surface area contributed by atoms with Crippen LogP contribution in [0.15, 0.2) is 48.8 Å². The van der Waals surface area contributed by atoms with Crippen molar-refractivity contribution in [2.75, 3.05) is 16.8 Å². The van der Waals surface area contributed by atoms with Gasteiger partial charge in [0.05, 0.1) is 0 Å². The first-order valence-electron chi connectivity index (χ1n) is 8.42. The third-order valence-corrected chi connectivity index (χ3v) is 4.18. The second-order valence-corrected chi connectivity index (χ2v) is 6.00. The summed E-state index contributed by atoms with van der Waals surface area (Å²) in [5.41, 5.74) is 7.73. The first kappa shape index (κ1) is 17.1. The van der Waals surface area contributed by atoms with Gasteiger partial charge in [-0.25, -0.2) is 0 Å². The van der Waals surface area contributed by atoms with Crippen LogP contribution in [0, 0.1) is 20.8 Å². The Morgan fingerprint density at radius 1 is 1.00 bits per heavy atom. The number of nitrogens with zero attached hydrogens (tertiary/aromatic N) is 1. The van der Waals surface area contributed by atoms with Crippen LogP contribution in [0.3, 0.4) is 0 Å². The number of nitrogens with one attached hydrogen (secondary N) is 1. The number of hydrogen-bond acceptors (Lipinski definition) is 2. The molecule has 0 unspecified atom stereocenters. The first-order chi connectivity index (χ1) is 11.1. The SMILES string of the molecule is CCc1ccccc1N(/C=C\Nc1c(C)cc(C)cc1C)CC. The highest BCUT2D eigenvalue weighted by atomic mass is 15.1. The lowest BCUT2D eigenvalue weighted by atomic mass is 10.1. The molecule has 0 saturated carbocycles. The molecular weight excluding hydrogens is 280 g/mol. The van der Waals surface area contributed by atoms with Gasteiger partial charge in [0.15, 0.2) is 0 Å². The van der Waals surface area contributed by atoms with E-state index in [1.165, 1.54) is 33.6 Å². The summed E-state index contributed by atoms with van der Waals surface area (Å²) in [7, 11) is 0. The van der Waals surface area contributed by atoms with Crippen LogP contribution in [0.1, 0.15) is 36.1 Å². The van der Waals surface area contributed by atoms with Gasteiger partial charge >= 0.3 is 0 Å². The smallest absolute Gasteiger partial charge is 0.0439 e. The molecule has 2 aromatic rings. The third kappa shape index (κ3) is 4.16. The van der Waals surface area contributed by atoms with Crippen molar-refractivity contribution in [1.82, 2.24) is 0 Å². The van der Waals surface area contributed by atoms with E-state index in [-0.39, 0.29) is 0 Å². The zero-order valence-corrected chi connectivity index (χ0v) is 15.0. The van der Waals surface area contributed by atoms with Gasteiger partial charge in [0, 0.05) is 30.3 Å². The summed E-state index contributed by atoms with van der Waals surface area (Å²) in [6, 6.07) is 13.0. The van der Waals surface area contributed by atoms with Crippen molar-refractivity contribution in [2.24, 2.45) is 0 Å². The quantitative estimate of drug-likeness (QED) is 0.749. The predicted octanol–water partition coefficient (Wildman–Crippen LogP) is 5.58. The molecule has 1 N–H and O–H groups in total. The third-order valence-electron chi connectivity index (χ3n) is 4.18. The van der Waals surface area contributed by atoms with Crippen molar-refractivity contribution in [3.8, 4) is 0 Å². The average Bonchev–Trinajstić information content (AvgIpc) is 2.53. The van der Waals surface area contributed by atoms with E-state index in [2.05, 4.69) is 87.4 Å². The Hall–Kier alpha value is -2.22. The molecule has 23 heavy (non-hydrogen) atoms. The molecular formula is C21H28N2. The summed E-state index contributed by atoms with van der Waals surface area (Å²) in [6.45, 7) is 11.8. The second-order valence-electron chi connectivity index (χ2n) is 6.00. The standard InChI is InChI=1S/C21H28N2/c1-6-19-10-8-9-11-20(19)23(7-2)13-12-22-21-17(4)14-16(3)15-18(21)5/h8-15,22H,6-7H2,1-5H3/b13-12-. The fraction of sp³-hybridized carbons (Fsp3) is 0.333. The van der Waals surface area contributed by atoms with Gasteiger partial charge in [0.2, 0.25) is 0 Å². The van der Waals surface area contributed by atoms with Crippen molar-refractivity contribution in [1.29, 1.82) is 0 Å². The molecule has 2 heteroatoms. The molecule has 0 spiro atoms. The van der Waals surface area contributed by atoms with Crippen LogP contribution in [-0.4, -0.2) is 6.54 Å². The summed E-state index contributed by atoms with van der Waals surface area (Å²) in [5.74, 6) is 0. The Bertz CT molecular complexity index is 663. The van der Waals surface area contributed by atoms with Gasteiger partial charge in [-0.2, -0.15) is 0 Å². The number of rotatable bonds is 6. The number of aryl methyl sites for hydroxylation is 4. The number of anilines is 2. The van der Waals surface area contributed by atoms with Crippen LogP contribution in [0.5, 0.6) is 0 Å². The van der Waals surface area contributed by atoms with Crippen molar-refractivity contribution in [3.05, 3.63) is 71.1 Å². The summed E-state index contributed by atoms with van der Waals surface area (Å²) < 4.78 is 0. The molecule has 0 aliphatic carbocycles. The minimum absolute atomic E-state index is 0.945. The monoisotopic (exact) mass is 308 g/mol. The van der Waals surface area contributed by atoms with Crippen molar-refractivity contribution in [2.45, 2.75) is 41.0 Å². The maximum absolute atomic E-state index is 3.46. The Balaban J connectivity index is 2.18. The lowest BCUT2D eigenvalue weighted by molar-refractivity contribution is 0.988. The topological polar surface area (TPSA) is 15.3 Å². The molecule has 0 aromatic heterocycles. The molecule has 0 heterocycles. The summed E-state index contributed by atoms with van der Waals surface area (Å²) in [6.07, 6.45) is 5.22. The molecule has 2 nitrogen and oxygen atoms in total. The second kappa shape index (κ2) is 7.87. The van der Waals surface area contributed by atoms with Gasteiger partial charge in [-0.3, -0.25) is 0 Å². The average molecular weight is 308 g/mol. The van der Waals surface area contributed by atoms with Gasteiger partial charge in [0.1, 0.15) is 0 Å². The van der Waals surface area contributed by atoms with Crippen LogP contribution in [-0.2, 0) is 6.42 Å². The van der Waals surface area contributed by atoms with Crippen molar-refractivity contribution in [3.63, 3.8) is 0 Å². The summed E-state index contributed by atoms with van der Waals surface area (Å²) in [5, 5.41) is 3.46. The molecule has 0 bridgehead atoms. The van der Waals surface area contributed by atoms with E-state index in [0.717, 1.165) is 13.0 Å². The zero-order chi connectivity index (χ0) is 16.8. The van der Waals surface area contributed by atoms with E-state index in [1.54, 1.807) is 0 Å². The number of hydrogen-bond donors (Lipinski definition) is 1. The predicted molar refractivity (Wildman–Crippen MR) is 102 cm³/mol. The van der Waals surface area contributed by atoms with Crippen LogP contribution < -0.4 is 10.2 Å². The first-order valence-corrected chi connectivity index (χ1v) is 8.42. The van der Waals surface area contributed by atoms with Crippen molar-refractivity contribution < 1.29 is 0 Å². The van der Waals surface area contributed by atoms with Gasteiger partial charge in [-0.15, -0.1) is 0 Å². The minimum Gasteiger partial charge on any atom is -0.360 e. The fourth-order valence-electron chi connectivity index (χ4n) is 3.06. The van der Waals surface area contributed by atoms with Gasteiger partial charge < -0.3 is 10.2 Å². The van der Waals surface area contributed by atoms with E-state index in [9.17, 15) is 0 Å². The number of para-hydroxylation sites is 1. The van der Waals surface area contributed by atoms with Gasteiger partial charge in [0.25, 0.3) is 0 Å². The van der Waals surface area contributed by atoms with Gasteiger partial charge in [-0.1, -0.05) is 42.8 Å². The normalized spacial score (nSPS) is 11.0. The fourth-order valence-corrected chi connectivity index (χ4v) is 3.06. The molecule has 0 radical (unpaired) electrons. The highest BCUT2D eigenvalue weighted by Gasteiger charge is 2.06. The Morgan fingerprint density at radius 2 is 1.65 bits per heavy atom. The lowest BCUT2D eigenvalue weighted by Crippen LogP contribution is -2.17. The van der Waals surface area contributed by atoms with E-state index >= 15 is 0 Å². The molecule has 2 rings (SSSR count). The Kier molecular flexibility index (Phi) is 5.86. The molecule has 0 saturated heterocycles. The maximum Gasteiger partial charge on any atom is 0.0439 e. The largest absolute Gasteiger partial charge is 0.360 e. The van der Waals surface area contributed by atoms with Gasteiger partial charge in [-0.05, 0) is 56.9 Å². The van der Waals surface area contributed by atoms with E-state index in [4.69, 9.17) is 0 Å². The van der Waals surface area contributed by atoms with Crippen LogP contribution in [0.4, 0.5) is 11.4 Å². The van der Waals surface area contributed by atoms with E-state index < -0.39 is 0 Å². The molecule has 0 amide bonds. The summed E-state index contributed by atoms with van der Waals surface area (Å²) >= 11 is 0. The zero-order valence-electron chi connectivity index (χ0n) is 15.0. The van der Waals surface area contributed by atoms with Crippen LogP contribution in [0.25, 0.3) is 0 Å². The molecule has 2 aromatic carbocycles. The summed E-state index contributed by atoms with van der Waals surface area (Å²) in [4.78, 5) is 2.28. The number of benzene rings is 2. The molecule has 0 atom stereocenters. The molecule has 122 valence electrons. The molecule has 0 aliphatic rings. The minimum atomic E-state index is 0.945. The highest BCUT2D eigenvalue weighted by molar-refractivity contribution is 5.61. The highest BCUT2D eigenvalue weighted by Crippen LogP contribution is 2.23. The van der Waals surface area contributed by atoms with Crippen molar-refractivity contribution >= 4 is 11.4 Å². The molecule has 0 aliphatic heterocycles. The molecule has 0 fully saturated rings. The van der Waals surface area contributed by atoms with Crippen LogP contribution >= 0.6 is 0 Å². The van der Waals surface area contributed by atoms with Crippen LogP contribution in [0.2, 0.25) is 0 Å².